The van der Waals surface area contributed by atoms with Crippen molar-refractivity contribution < 1.29 is 0 Å². The summed E-state index contributed by atoms with van der Waals surface area (Å²) in [4.78, 5) is 7.25. The monoisotopic (exact) mass is 244 g/mol. The van der Waals surface area contributed by atoms with Crippen molar-refractivity contribution >= 4 is 33.5 Å². The number of nitrogens with one attached hydrogen (secondary N) is 1. The first-order valence-corrected chi connectivity index (χ1v) is 4.03. The van der Waals surface area contributed by atoms with Crippen LogP contribution in [0.25, 0.3) is 10.9 Å². The van der Waals surface area contributed by atoms with Gasteiger partial charge < -0.3 is 4.98 Å². The Labute approximate surface area is 71.8 Å². The maximum absolute atomic E-state index is 4.13. The summed E-state index contributed by atoms with van der Waals surface area (Å²) in [5.41, 5.74) is 1.13. The van der Waals surface area contributed by atoms with Crippen molar-refractivity contribution in [1.82, 2.24) is 9.97 Å². The lowest BCUT2D eigenvalue weighted by Crippen LogP contribution is -1.78. The highest BCUT2D eigenvalue weighted by Gasteiger charge is 1.96. The summed E-state index contributed by atoms with van der Waals surface area (Å²) < 4.78 is 1.03. The Hall–Kier alpha value is -0.580. The van der Waals surface area contributed by atoms with Crippen LogP contribution in [-0.2, 0) is 0 Å². The summed E-state index contributed by atoms with van der Waals surface area (Å²) in [5, 5.41) is 1.22. The number of fused-ring (bicyclic) bond motifs is 1. The predicted molar refractivity (Wildman–Crippen MR) is 48.8 cm³/mol. The number of pyridine rings is 1. The zero-order valence-corrected chi connectivity index (χ0v) is 7.29. The van der Waals surface area contributed by atoms with Crippen molar-refractivity contribution in [2.45, 2.75) is 0 Å². The van der Waals surface area contributed by atoms with Gasteiger partial charge in [-0.15, -0.1) is 0 Å². The minimum atomic E-state index is 1.03. The van der Waals surface area contributed by atoms with Crippen molar-refractivity contribution in [3.05, 3.63) is 28.2 Å². The number of halogens is 1. The van der Waals surface area contributed by atoms with Crippen LogP contribution >= 0.6 is 22.6 Å². The van der Waals surface area contributed by atoms with Crippen LogP contribution in [0, 0.1) is 3.70 Å². The zero-order valence-electron chi connectivity index (χ0n) is 5.13. The molecule has 0 atom stereocenters. The van der Waals surface area contributed by atoms with E-state index in [1.54, 1.807) is 0 Å². The van der Waals surface area contributed by atoms with E-state index in [4.69, 9.17) is 0 Å². The Bertz CT molecular complexity index is 353. The first kappa shape index (κ1) is 6.15. The van der Waals surface area contributed by atoms with Gasteiger partial charge in [0.1, 0.15) is 3.70 Å². The number of nitrogens with zero attached hydrogens (tertiary/aromatic N) is 1. The van der Waals surface area contributed by atoms with Gasteiger partial charge in [0.25, 0.3) is 0 Å². The molecule has 2 aromatic rings. The van der Waals surface area contributed by atoms with E-state index < -0.39 is 0 Å². The van der Waals surface area contributed by atoms with Crippen LogP contribution in [0.15, 0.2) is 24.5 Å². The van der Waals surface area contributed by atoms with Gasteiger partial charge in [0.2, 0.25) is 0 Å². The molecule has 1 N–H and O–H groups in total. The molecule has 0 amide bonds. The third-order valence-electron chi connectivity index (χ3n) is 1.43. The van der Waals surface area contributed by atoms with Gasteiger partial charge in [-0.2, -0.15) is 0 Å². The SMILES string of the molecule is Ic1nccc2cc[nH]c12. The van der Waals surface area contributed by atoms with Crippen LogP contribution in [0.4, 0.5) is 0 Å². The van der Waals surface area contributed by atoms with Crippen molar-refractivity contribution in [3.63, 3.8) is 0 Å². The van der Waals surface area contributed by atoms with Crippen molar-refractivity contribution in [3.8, 4) is 0 Å². The van der Waals surface area contributed by atoms with Gasteiger partial charge in [0.15, 0.2) is 0 Å². The molecule has 2 aromatic heterocycles. The molecule has 0 aliphatic carbocycles. The van der Waals surface area contributed by atoms with Crippen LogP contribution < -0.4 is 0 Å². The molecule has 0 aliphatic rings. The lowest BCUT2D eigenvalue weighted by Gasteiger charge is -1.89. The van der Waals surface area contributed by atoms with E-state index in [2.05, 4.69) is 32.6 Å². The molecule has 2 heterocycles. The molecule has 0 spiro atoms. The predicted octanol–water partition coefficient (Wildman–Crippen LogP) is 2.17. The minimum Gasteiger partial charge on any atom is -0.359 e. The Morgan fingerprint density at radius 1 is 1.40 bits per heavy atom. The molecule has 3 heteroatoms. The number of aromatic nitrogens is 2. The Balaban J connectivity index is 2.95. The second kappa shape index (κ2) is 2.23. The second-order valence-corrected chi connectivity index (χ2v) is 3.07. The van der Waals surface area contributed by atoms with Crippen LogP contribution in [0.2, 0.25) is 0 Å². The zero-order chi connectivity index (χ0) is 6.97. The molecular formula is C7H5IN2. The van der Waals surface area contributed by atoms with Gasteiger partial charge in [-0.25, -0.2) is 4.98 Å². The molecule has 0 saturated heterocycles. The standard InChI is InChI=1S/C7H5IN2/c8-7-6-5(1-3-9-6)2-4-10-7/h1-4,9H. The second-order valence-electron chi connectivity index (χ2n) is 2.04. The van der Waals surface area contributed by atoms with E-state index in [1.807, 2.05) is 24.5 Å². The molecule has 2 nitrogen and oxygen atoms in total. The molecule has 0 radical (unpaired) electrons. The quantitative estimate of drug-likeness (QED) is 0.558. The van der Waals surface area contributed by atoms with Gasteiger partial charge in [0.05, 0.1) is 5.52 Å². The van der Waals surface area contributed by atoms with E-state index in [-0.39, 0.29) is 0 Å². The van der Waals surface area contributed by atoms with E-state index in [9.17, 15) is 0 Å². The molecule has 50 valence electrons. The smallest absolute Gasteiger partial charge is 0.125 e. The van der Waals surface area contributed by atoms with E-state index >= 15 is 0 Å². The molecule has 0 aliphatic heterocycles. The lowest BCUT2D eigenvalue weighted by molar-refractivity contribution is 1.29. The Morgan fingerprint density at radius 2 is 2.30 bits per heavy atom. The van der Waals surface area contributed by atoms with Crippen LogP contribution in [0.3, 0.4) is 0 Å². The molecule has 0 aromatic carbocycles. The summed E-state index contributed by atoms with van der Waals surface area (Å²) >= 11 is 2.21. The number of hydrogen-bond donors (Lipinski definition) is 1. The first-order chi connectivity index (χ1) is 4.88. The average molecular weight is 244 g/mol. The number of H-pyrrole nitrogens is 1. The van der Waals surface area contributed by atoms with E-state index in [0.29, 0.717) is 0 Å². The van der Waals surface area contributed by atoms with Crippen LogP contribution in [0.1, 0.15) is 0 Å². The van der Waals surface area contributed by atoms with Crippen molar-refractivity contribution in [2.24, 2.45) is 0 Å². The summed E-state index contributed by atoms with van der Waals surface area (Å²) in [6.45, 7) is 0. The maximum Gasteiger partial charge on any atom is 0.125 e. The number of aromatic amines is 1. The van der Waals surface area contributed by atoms with Crippen molar-refractivity contribution in [1.29, 1.82) is 0 Å². The highest BCUT2D eigenvalue weighted by Crippen LogP contribution is 2.15. The van der Waals surface area contributed by atoms with E-state index in [1.165, 1.54) is 5.39 Å². The molecule has 0 fully saturated rings. The molecule has 0 saturated carbocycles. The Morgan fingerprint density at radius 3 is 3.10 bits per heavy atom. The topological polar surface area (TPSA) is 28.7 Å². The first-order valence-electron chi connectivity index (χ1n) is 2.95. The molecule has 10 heavy (non-hydrogen) atoms. The van der Waals surface area contributed by atoms with E-state index in [0.717, 1.165) is 9.22 Å². The summed E-state index contributed by atoms with van der Waals surface area (Å²) in [6, 6.07) is 4.03. The van der Waals surface area contributed by atoms with Gasteiger partial charge in [-0.05, 0) is 34.7 Å². The number of hydrogen-bond acceptors (Lipinski definition) is 1. The van der Waals surface area contributed by atoms with Crippen LogP contribution in [-0.4, -0.2) is 9.97 Å². The summed E-state index contributed by atoms with van der Waals surface area (Å²) in [7, 11) is 0. The van der Waals surface area contributed by atoms with Gasteiger partial charge >= 0.3 is 0 Å². The number of rotatable bonds is 0. The maximum atomic E-state index is 4.13. The highest BCUT2D eigenvalue weighted by atomic mass is 127. The fourth-order valence-corrected chi connectivity index (χ4v) is 1.57. The van der Waals surface area contributed by atoms with Crippen molar-refractivity contribution in [2.75, 3.05) is 0 Å². The van der Waals surface area contributed by atoms with Gasteiger partial charge in [0, 0.05) is 17.8 Å². The van der Waals surface area contributed by atoms with Gasteiger partial charge in [-0.1, -0.05) is 0 Å². The fourth-order valence-electron chi connectivity index (χ4n) is 0.947. The Kier molecular flexibility index (Phi) is 1.37. The molecular weight excluding hydrogens is 239 g/mol. The molecule has 0 unspecified atom stereocenters. The summed E-state index contributed by atoms with van der Waals surface area (Å²) in [6.07, 6.45) is 3.74. The normalized spacial score (nSPS) is 10.5. The lowest BCUT2D eigenvalue weighted by atomic mass is 10.3. The van der Waals surface area contributed by atoms with Gasteiger partial charge in [-0.3, -0.25) is 0 Å². The average Bonchev–Trinajstić information content (AvgIpc) is 2.36. The fraction of sp³-hybridized carbons (Fsp3) is 0. The minimum absolute atomic E-state index is 1.03. The third-order valence-corrected chi connectivity index (χ3v) is 2.25. The molecule has 2 rings (SSSR count). The highest BCUT2D eigenvalue weighted by molar-refractivity contribution is 14.1. The molecule has 0 bridgehead atoms. The van der Waals surface area contributed by atoms with Crippen LogP contribution in [0.5, 0.6) is 0 Å². The summed E-state index contributed by atoms with van der Waals surface area (Å²) in [5.74, 6) is 0. The largest absolute Gasteiger partial charge is 0.359 e. The third kappa shape index (κ3) is 0.811.